The van der Waals surface area contributed by atoms with Gasteiger partial charge < -0.3 is 5.32 Å². The third kappa shape index (κ3) is 3.20. The van der Waals surface area contributed by atoms with Crippen LogP contribution in [0.15, 0.2) is 30.5 Å². The van der Waals surface area contributed by atoms with Gasteiger partial charge in [0.15, 0.2) is 0 Å². The molecular weight excluding hydrogens is 238 g/mol. The lowest BCUT2D eigenvalue weighted by Crippen LogP contribution is -2.11. The summed E-state index contributed by atoms with van der Waals surface area (Å²) in [7, 11) is 0. The molecule has 19 heavy (non-hydrogen) atoms. The number of hydrazine groups is 1. The highest BCUT2D eigenvalue weighted by Crippen LogP contribution is 2.22. The Morgan fingerprint density at radius 1 is 1.26 bits per heavy atom. The molecule has 0 radical (unpaired) electrons. The predicted octanol–water partition coefficient (Wildman–Crippen LogP) is 2.94. The Balaban J connectivity index is 2.28. The number of nitrogen functional groups attached to an aromatic ring is 1. The Labute approximate surface area is 113 Å². The second kappa shape index (κ2) is 5.67. The van der Waals surface area contributed by atoms with Crippen LogP contribution >= 0.6 is 0 Å². The third-order valence-corrected chi connectivity index (χ3v) is 2.92. The predicted molar refractivity (Wildman–Crippen MR) is 78.4 cm³/mol. The number of aromatic nitrogens is 2. The maximum absolute atomic E-state index is 5.32. The molecule has 2 rings (SSSR count). The minimum absolute atomic E-state index is 0.396. The fourth-order valence-corrected chi connectivity index (χ4v) is 1.75. The van der Waals surface area contributed by atoms with Gasteiger partial charge in [0.1, 0.15) is 5.82 Å². The van der Waals surface area contributed by atoms with Gasteiger partial charge in [-0.15, -0.1) is 0 Å². The lowest BCUT2D eigenvalue weighted by atomic mass is 10.0. The van der Waals surface area contributed by atoms with Gasteiger partial charge in [-0.05, 0) is 30.5 Å². The molecule has 0 aliphatic heterocycles. The van der Waals surface area contributed by atoms with Gasteiger partial charge in [-0.1, -0.05) is 26.0 Å². The summed E-state index contributed by atoms with van der Waals surface area (Å²) in [5.41, 5.74) is 5.71. The van der Waals surface area contributed by atoms with Crippen molar-refractivity contribution in [3.63, 3.8) is 0 Å². The smallest absolute Gasteiger partial charge is 0.239 e. The summed E-state index contributed by atoms with van der Waals surface area (Å²) in [5.74, 6) is 6.97. The van der Waals surface area contributed by atoms with Crippen molar-refractivity contribution >= 4 is 17.5 Å². The topological polar surface area (TPSA) is 75.9 Å². The van der Waals surface area contributed by atoms with Crippen LogP contribution < -0.4 is 16.6 Å². The molecule has 5 heteroatoms. The number of hydrogen-bond donors (Lipinski definition) is 3. The van der Waals surface area contributed by atoms with E-state index in [-0.39, 0.29) is 0 Å². The van der Waals surface area contributed by atoms with E-state index < -0.39 is 0 Å². The molecule has 100 valence electrons. The van der Waals surface area contributed by atoms with Gasteiger partial charge in [0.2, 0.25) is 5.95 Å². The van der Waals surface area contributed by atoms with Gasteiger partial charge in [0.25, 0.3) is 0 Å². The number of anilines is 3. The van der Waals surface area contributed by atoms with E-state index in [4.69, 9.17) is 5.84 Å². The summed E-state index contributed by atoms with van der Waals surface area (Å²) < 4.78 is 0. The largest absolute Gasteiger partial charge is 0.340 e. The van der Waals surface area contributed by atoms with Crippen LogP contribution in [-0.4, -0.2) is 9.97 Å². The SMILES string of the molecule is Cc1cnc(NN)nc1Nc1cccc(C(C)C)c1. The zero-order chi connectivity index (χ0) is 13.8. The Hall–Kier alpha value is -2.14. The molecule has 0 spiro atoms. The van der Waals surface area contributed by atoms with Crippen molar-refractivity contribution in [1.29, 1.82) is 0 Å². The normalized spacial score (nSPS) is 10.6. The van der Waals surface area contributed by atoms with E-state index in [1.54, 1.807) is 6.20 Å². The van der Waals surface area contributed by atoms with Gasteiger partial charge >= 0.3 is 0 Å². The van der Waals surface area contributed by atoms with Crippen LogP contribution in [0.2, 0.25) is 0 Å². The second-order valence-electron chi connectivity index (χ2n) is 4.77. The summed E-state index contributed by atoms with van der Waals surface area (Å²) in [5, 5.41) is 3.30. The first-order valence-electron chi connectivity index (χ1n) is 6.27. The molecule has 1 aromatic carbocycles. The molecule has 0 saturated carbocycles. The number of benzene rings is 1. The second-order valence-corrected chi connectivity index (χ2v) is 4.77. The molecule has 1 heterocycles. The van der Waals surface area contributed by atoms with E-state index in [2.05, 4.69) is 46.7 Å². The summed E-state index contributed by atoms with van der Waals surface area (Å²) in [4.78, 5) is 8.36. The minimum Gasteiger partial charge on any atom is -0.340 e. The lowest BCUT2D eigenvalue weighted by molar-refractivity contribution is 0.867. The number of hydrogen-bond acceptors (Lipinski definition) is 5. The van der Waals surface area contributed by atoms with Crippen molar-refractivity contribution in [1.82, 2.24) is 9.97 Å². The number of nitrogens with two attached hydrogens (primary N) is 1. The van der Waals surface area contributed by atoms with Crippen molar-refractivity contribution in [2.24, 2.45) is 5.84 Å². The Morgan fingerprint density at radius 2 is 2.05 bits per heavy atom. The fraction of sp³-hybridized carbons (Fsp3) is 0.286. The number of aryl methyl sites for hydroxylation is 1. The first-order valence-corrected chi connectivity index (χ1v) is 6.27. The standard InChI is InChI=1S/C14H19N5/c1-9(2)11-5-4-6-12(7-11)17-13-10(3)8-16-14(18-13)19-15/h4-9H,15H2,1-3H3,(H2,16,17,18,19). The number of nitrogens with zero attached hydrogens (tertiary/aromatic N) is 2. The molecule has 0 bridgehead atoms. The van der Waals surface area contributed by atoms with Crippen LogP contribution in [0.5, 0.6) is 0 Å². The van der Waals surface area contributed by atoms with E-state index in [1.165, 1.54) is 5.56 Å². The minimum atomic E-state index is 0.396. The number of rotatable bonds is 4. The molecule has 1 aromatic heterocycles. The summed E-state index contributed by atoms with van der Waals surface area (Å²) in [6, 6.07) is 8.30. The highest BCUT2D eigenvalue weighted by molar-refractivity contribution is 5.60. The Kier molecular flexibility index (Phi) is 3.97. The molecule has 0 atom stereocenters. The summed E-state index contributed by atoms with van der Waals surface area (Å²) >= 11 is 0. The van der Waals surface area contributed by atoms with Gasteiger partial charge in [-0.25, -0.2) is 10.8 Å². The van der Waals surface area contributed by atoms with E-state index in [0.717, 1.165) is 17.1 Å². The highest BCUT2D eigenvalue weighted by atomic mass is 15.3. The van der Waals surface area contributed by atoms with Crippen molar-refractivity contribution in [2.75, 3.05) is 10.7 Å². The lowest BCUT2D eigenvalue weighted by Gasteiger charge is -2.12. The molecule has 4 N–H and O–H groups in total. The maximum Gasteiger partial charge on any atom is 0.239 e. The van der Waals surface area contributed by atoms with Crippen LogP contribution in [0.3, 0.4) is 0 Å². The average Bonchev–Trinajstić information content (AvgIpc) is 2.41. The molecule has 0 aliphatic carbocycles. The zero-order valence-corrected chi connectivity index (χ0v) is 11.4. The van der Waals surface area contributed by atoms with E-state index in [1.807, 2.05) is 19.1 Å². The Bertz CT molecular complexity index is 566. The monoisotopic (exact) mass is 257 g/mol. The van der Waals surface area contributed by atoms with Crippen LogP contribution in [0.25, 0.3) is 0 Å². The molecule has 0 fully saturated rings. The van der Waals surface area contributed by atoms with Crippen molar-refractivity contribution in [3.8, 4) is 0 Å². The van der Waals surface area contributed by atoms with Crippen LogP contribution in [-0.2, 0) is 0 Å². The molecule has 0 saturated heterocycles. The fourth-order valence-electron chi connectivity index (χ4n) is 1.75. The average molecular weight is 257 g/mol. The van der Waals surface area contributed by atoms with Gasteiger partial charge in [0, 0.05) is 17.4 Å². The van der Waals surface area contributed by atoms with Crippen molar-refractivity contribution in [3.05, 3.63) is 41.6 Å². The van der Waals surface area contributed by atoms with E-state index in [9.17, 15) is 0 Å². The maximum atomic E-state index is 5.32. The molecule has 0 aliphatic rings. The summed E-state index contributed by atoms with van der Waals surface area (Å²) in [6.45, 7) is 6.30. The van der Waals surface area contributed by atoms with Crippen LogP contribution in [0, 0.1) is 6.92 Å². The van der Waals surface area contributed by atoms with E-state index in [0.29, 0.717) is 11.9 Å². The van der Waals surface area contributed by atoms with E-state index >= 15 is 0 Å². The first kappa shape index (κ1) is 13.3. The first-order chi connectivity index (χ1) is 9.10. The van der Waals surface area contributed by atoms with Crippen LogP contribution in [0.4, 0.5) is 17.5 Å². The van der Waals surface area contributed by atoms with Gasteiger partial charge in [0.05, 0.1) is 0 Å². The molecule has 0 unspecified atom stereocenters. The summed E-state index contributed by atoms with van der Waals surface area (Å²) in [6.07, 6.45) is 1.73. The van der Waals surface area contributed by atoms with Crippen molar-refractivity contribution < 1.29 is 0 Å². The molecule has 0 amide bonds. The van der Waals surface area contributed by atoms with Crippen molar-refractivity contribution in [2.45, 2.75) is 26.7 Å². The third-order valence-electron chi connectivity index (χ3n) is 2.92. The molecule has 5 nitrogen and oxygen atoms in total. The number of nitrogens with one attached hydrogen (secondary N) is 2. The van der Waals surface area contributed by atoms with Gasteiger partial charge in [-0.2, -0.15) is 4.98 Å². The quantitative estimate of drug-likeness (QED) is 0.580. The molecule has 2 aromatic rings. The Morgan fingerprint density at radius 3 is 2.74 bits per heavy atom. The highest BCUT2D eigenvalue weighted by Gasteiger charge is 2.05. The zero-order valence-electron chi connectivity index (χ0n) is 11.4. The molecular formula is C14H19N5. The van der Waals surface area contributed by atoms with Crippen LogP contribution in [0.1, 0.15) is 30.9 Å². The van der Waals surface area contributed by atoms with Gasteiger partial charge in [-0.3, -0.25) is 5.43 Å².